The van der Waals surface area contributed by atoms with Gasteiger partial charge in [-0.1, -0.05) is 36.4 Å². The number of hydrogen-bond acceptors (Lipinski definition) is 4. The lowest BCUT2D eigenvalue weighted by Crippen LogP contribution is -2.04. The quantitative estimate of drug-likeness (QED) is 0.543. The van der Waals surface area contributed by atoms with Crippen LogP contribution in [0.5, 0.6) is 11.5 Å². The molecule has 0 saturated heterocycles. The topological polar surface area (TPSA) is 48.4 Å². The van der Waals surface area contributed by atoms with Gasteiger partial charge in [0.05, 0.1) is 11.2 Å². The van der Waals surface area contributed by atoms with E-state index in [0.717, 1.165) is 16.6 Å². The molecule has 3 rings (SSSR count). The summed E-state index contributed by atoms with van der Waals surface area (Å²) < 4.78 is 10.9. The fraction of sp³-hybridized carbons (Fsp3) is 0.111. The van der Waals surface area contributed by atoms with Crippen LogP contribution in [0.25, 0.3) is 10.9 Å². The summed E-state index contributed by atoms with van der Waals surface area (Å²) in [6.45, 7) is 1.67. The smallest absolute Gasteiger partial charge is 0.308 e. The monoisotopic (exact) mass is 293 g/mol. The summed E-state index contributed by atoms with van der Waals surface area (Å²) in [4.78, 5) is 15.6. The number of carbonyl (C=O) groups is 1. The summed E-state index contributed by atoms with van der Waals surface area (Å²) >= 11 is 0. The molecule has 0 unspecified atom stereocenters. The molecule has 2 aromatic carbocycles. The van der Waals surface area contributed by atoms with Gasteiger partial charge >= 0.3 is 5.97 Å². The zero-order valence-corrected chi connectivity index (χ0v) is 12.2. The molecule has 0 bridgehead atoms. The van der Waals surface area contributed by atoms with Crippen molar-refractivity contribution in [2.24, 2.45) is 0 Å². The van der Waals surface area contributed by atoms with Crippen LogP contribution in [0.15, 0.2) is 60.7 Å². The molecule has 0 N–H and O–H groups in total. The van der Waals surface area contributed by atoms with Gasteiger partial charge in [0.2, 0.25) is 0 Å². The molecule has 1 aromatic heterocycles. The van der Waals surface area contributed by atoms with Crippen LogP contribution >= 0.6 is 0 Å². The molecule has 0 amide bonds. The number of esters is 1. The number of benzene rings is 2. The number of hydrogen-bond donors (Lipinski definition) is 0. The summed E-state index contributed by atoms with van der Waals surface area (Å²) in [5.74, 6) is 0.559. The van der Waals surface area contributed by atoms with E-state index in [1.165, 1.54) is 6.92 Å². The second kappa shape index (κ2) is 6.26. The van der Waals surface area contributed by atoms with E-state index in [0.29, 0.717) is 18.1 Å². The highest BCUT2D eigenvalue weighted by atomic mass is 16.6. The Hall–Kier alpha value is -2.88. The number of nitrogens with zero attached hydrogens (tertiary/aromatic N) is 1. The minimum atomic E-state index is -0.375. The SMILES string of the molecule is CC(=O)Oc1ccccc1OCc1ccc2ccccc2n1. The van der Waals surface area contributed by atoms with E-state index in [4.69, 9.17) is 9.47 Å². The minimum absolute atomic E-state index is 0.309. The molecular weight excluding hydrogens is 278 g/mol. The Balaban J connectivity index is 1.77. The molecule has 0 aliphatic carbocycles. The van der Waals surface area contributed by atoms with Crippen LogP contribution in [0.2, 0.25) is 0 Å². The second-order valence-corrected chi connectivity index (χ2v) is 4.82. The van der Waals surface area contributed by atoms with Crippen molar-refractivity contribution in [2.45, 2.75) is 13.5 Å². The normalized spacial score (nSPS) is 10.4. The van der Waals surface area contributed by atoms with Crippen LogP contribution in [0, 0.1) is 0 Å². The molecule has 1 heterocycles. The van der Waals surface area contributed by atoms with Crippen molar-refractivity contribution in [3.8, 4) is 11.5 Å². The third kappa shape index (κ3) is 3.23. The maximum Gasteiger partial charge on any atom is 0.308 e. The van der Waals surface area contributed by atoms with Crippen LogP contribution in [-0.2, 0) is 11.4 Å². The molecule has 4 heteroatoms. The highest BCUT2D eigenvalue weighted by molar-refractivity contribution is 5.78. The van der Waals surface area contributed by atoms with Crippen LogP contribution in [0.3, 0.4) is 0 Å². The van der Waals surface area contributed by atoms with Crippen molar-refractivity contribution in [3.05, 3.63) is 66.4 Å². The Labute approximate surface area is 128 Å². The second-order valence-electron chi connectivity index (χ2n) is 4.82. The molecule has 3 aromatic rings. The van der Waals surface area contributed by atoms with Gasteiger partial charge in [0, 0.05) is 12.3 Å². The van der Waals surface area contributed by atoms with E-state index >= 15 is 0 Å². The number of fused-ring (bicyclic) bond motifs is 1. The summed E-state index contributed by atoms with van der Waals surface area (Å²) in [5, 5.41) is 1.09. The lowest BCUT2D eigenvalue weighted by Gasteiger charge is -2.10. The van der Waals surface area contributed by atoms with Gasteiger partial charge in [-0.2, -0.15) is 0 Å². The van der Waals surface area contributed by atoms with Crippen LogP contribution in [-0.4, -0.2) is 11.0 Å². The van der Waals surface area contributed by atoms with Crippen molar-refractivity contribution < 1.29 is 14.3 Å². The first-order valence-corrected chi connectivity index (χ1v) is 6.97. The lowest BCUT2D eigenvalue weighted by atomic mass is 10.2. The van der Waals surface area contributed by atoms with Crippen molar-refractivity contribution >= 4 is 16.9 Å². The largest absolute Gasteiger partial charge is 0.483 e. The van der Waals surface area contributed by atoms with E-state index in [-0.39, 0.29) is 5.97 Å². The first-order chi connectivity index (χ1) is 10.7. The van der Waals surface area contributed by atoms with E-state index < -0.39 is 0 Å². The van der Waals surface area contributed by atoms with Gasteiger partial charge in [0.1, 0.15) is 6.61 Å². The number of aromatic nitrogens is 1. The highest BCUT2D eigenvalue weighted by Crippen LogP contribution is 2.27. The van der Waals surface area contributed by atoms with E-state index in [2.05, 4.69) is 4.98 Å². The van der Waals surface area contributed by atoms with Gasteiger partial charge in [-0.25, -0.2) is 4.98 Å². The Morgan fingerprint density at radius 2 is 1.68 bits per heavy atom. The maximum absolute atomic E-state index is 11.1. The average molecular weight is 293 g/mol. The number of ether oxygens (including phenoxy) is 2. The molecule has 22 heavy (non-hydrogen) atoms. The molecule has 110 valence electrons. The average Bonchev–Trinajstić information content (AvgIpc) is 2.53. The molecule has 0 atom stereocenters. The van der Waals surface area contributed by atoms with Gasteiger partial charge in [0.25, 0.3) is 0 Å². The summed E-state index contributed by atoms with van der Waals surface area (Å²) in [5.41, 5.74) is 1.74. The van der Waals surface area contributed by atoms with Crippen molar-refractivity contribution in [1.29, 1.82) is 0 Å². The van der Waals surface area contributed by atoms with E-state index in [1.54, 1.807) is 18.2 Å². The fourth-order valence-corrected chi connectivity index (χ4v) is 2.15. The van der Waals surface area contributed by atoms with Crippen molar-refractivity contribution in [3.63, 3.8) is 0 Å². The molecule has 0 radical (unpaired) electrons. The van der Waals surface area contributed by atoms with Gasteiger partial charge in [-0.15, -0.1) is 0 Å². The predicted octanol–water partition coefficient (Wildman–Crippen LogP) is 3.74. The maximum atomic E-state index is 11.1. The number of carbonyl (C=O) groups excluding carboxylic acids is 1. The number of para-hydroxylation sites is 3. The van der Waals surface area contributed by atoms with Gasteiger partial charge in [0.15, 0.2) is 11.5 Å². The van der Waals surface area contributed by atoms with Crippen LogP contribution in [0.4, 0.5) is 0 Å². The van der Waals surface area contributed by atoms with Crippen LogP contribution in [0.1, 0.15) is 12.6 Å². The summed E-state index contributed by atoms with van der Waals surface area (Å²) in [7, 11) is 0. The van der Waals surface area contributed by atoms with Crippen LogP contribution < -0.4 is 9.47 Å². The third-order valence-corrected chi connectivity index (χ3v) is 3.13. The molecule has 0 saturated carbocycles. The standard InChI is InChI=1S/C18H15NO3/c1-13(20)22-18-9-5-4-8-17(18)21-12-15-11-10-14-6-2-3-7-16(14)19-15/h2-11H,12H2,1H3. The van der Waals surface area contributed by atoms with E-state index in [9.17, 15) is 4.79 Å². The van der Waals surface area contributed by atoms with Gasteiger partial charge < -0.3 is 9.47 Å². The lowest BCUT2D eigenvalue weighted by molar-refractivity contribution is -0.132. The summed E-state index contributed by atoms with van der Waals surface area (Å²) in [6, 6.07) is 18.9. The van der Waals surface area contributed by atoms with Gasteiger partial charge in [-0.05, 0) is 24.3 Å². The zero-order valence-electron chi connectivity index (χ0n) is 12.2. The van der Waals surface area contributed by atoms with Gasteiger partial charge in [-0.3, -0.25) is 4.79 Å². The highest BCUT2D eigenvalue weighted by Gasteiger charge is 2.07. The molecule has 0 spiro atoms. The number of rotatable bonds is 4. The van der Waals surface area contributed by atoms with Crippen molar-refractivity contribution in [1.82, 2.24) is 4.98 Å². The molecule has 0 aliphatic rings. The Kier molecular flexibility index (Phi) is 4.01. The fourth-order valence-electron chi connectivity index (χ4n) is 2.15. The Morgan fingerprint density at radius 3 is 2.50 bits per heavy atom. The first kappa shape index (κ1) is 14.1. The molecule has 4 nitrogen and oxygen atoms in total. The molecule has 0 aliphatic heterocycles. The molecule has 0 fully saturated rings. The zero-order chi connectivity index (χ0) is 15.4. The number of pyridine rings is 1. The predicted molar refractivity (Wildman–Crippen MR) is 83.8 cm³/mol. The summed E-state index contributed by atoms with van der Waals surface area (Å²) in [6.07, 6.45) is 0. The van der Waals surface area contributed by atoms with Crippen molar-refractivity contribution in [2.75, 3.05) is 0 Å². The minimum Gasteiger partial charge on any atom is -0.483 e. The Bertz CT molecular complexity index is 814. The Morgan fingerprint density at radius 1 is 0.955 bits per heavy atom. The first-order valence-electron chi connectivity index (χ1n) is 6.97. The molecular formula is C18H15NO3. The van der Waals surface area contributed by atoms with E-state index in [1.807, 2.05) is 42.5 Å². The third-order valence-electron chi connectivity index (χ3n) is 3.13.